The highest BCUT2D eigenvalue weighted by Gasteiger charge is 2.08. The SMILES string of the molecule is Fc1cccc(F)c1NCc1ccccc1Cl. The Balaban J connectivity index is 2.16. The van der Waals surface area contributed by atoms with Gasteiger partial charge in [-0.05, 0) is 23.8 Å². The third-order valence-electron chi connectivity index (χ3n) is 2.38. The topological polar surface area (TPSA) is 12.0 Å². The Hall–Kier alpha value is -1.61. The molecule has 0 aromatic heterocycles. The van der Waals surface area contributed by atoms with Crippen LogP contribution < -0.4 is 5.32 Å². The maximum Gasteiger partial charge on any atom is 0.149 e. The first-order valence-electron chi connectivity index (χ1n) is 5.10. The second-order valence-electron chi connectivity index (χ2n) is 3.54. The average Bonchev–Trinajstić information content (AvgIpc) is 2.30. The summed E-state index contributed by atoms with van der Waals surface area (Å²) in [7, 11) is 0. The Morgan fingerprint density at radius 2 is 1.59 bits per heavy atom. The molecule has 0 saturated carbocycles. The molecule has 0 unspecified atom stereocenters. The number of hydrogen-bond acceptors (Lipinski definition) is 1. The zero-order valence-electron chi connectivity index (χ0n) is 8.88. The van der Waals surface area contributed by atoms with Crippen molar-refractivity contribution in [2.75, 3.05) is 5.32 Å². The molecular formula is C13H10ClF2N. The van der Waals surface area contributed by atoms with Crippen molar-refractivity contribution in [2.24, 2.45) is 0 Å². The number of halogens is 3. The van der Waals surface area contributed by atoms with Gasteiger partial charge in [0.1, 0.15) is 17.3 Å². The van der Waals surface area contributed by atoms with Crippen LogP contribution in [0.3, 0.4) is 0 Å². The quantitative estimate of drug-likeness (QED) is 0.863. The van der Waals surface area contributed by atoms with E-state index >= 15 is 0 Å². The molecule has 88 valence electrons. The van der Waals surface area contributed by atoms with Crippen LogP contribution >= 0.6 is 11.6 Å². The van der Waals surface area contributed by atoms with Crippen LogP contribution in [0.2, 0.25) is 5.02 Å². The molecule has 0 amide bonds. The summed E-state index contributed by atoms with van der Waals surface area (Å²) in [5.41, 5.74) is 0.657. The van der Waals surface area contributed by atoms with Crippen molar-refractivity contribution in [3.8, 4) is 0 Å². The lowest BCUT2D eigenvalue weighted by Crippen LogP contribution is -2.04. The Morgan fingerprint density at radius 1 is 0.941 bits per heavy atom. The van der Waals surface area contributed by atoms with Gasteiger partial charge in [-0.1, -0.05) is 35.9 Å². The summed E-state index contributed by atoms with van der Waals surface area (Å²) in [6, 6.07) is 10.9. The van der Waals surface area contributed by atoms with Gasteiger partial charge in [0.25, 0.3) is 0 Å². The number of anilines is 1. The van der Waals surface area contributed by atoms with Crippen molar-refractivity contribution < 1.29 is 8.78 Å². The predicted molar refractivity (Wildman–Crippen MR) is 65.1 cm³/mol. The maximum absolute atomic E-state index is 13.3. The van der Waals surface area contributed by atoms with Gasteiger partial charge in [0.2, 0.25) is 0 Å². The molecule has 0 atom stereocenters. The zero-order valence-corrected chi connectivity index (χ0v) is 9.64. The molecule has 0 saturated heterocycles. The number of benzene rings is 2. The molecule has 1 nitrogen and oxygen atoms in total. The first-order chi connectivity index (χ1) is 8.18. The first kappa shape index (κ1) is 11.9. The van der Waals surface area contributed by atoms with Crippen LogP contribution in [0, 0.1) is 11.6 Å². The minimum Gasteiger partial charge on any atom is -0.376 e. The van der Waals surface area contributed by atoms with E-state index in [1.54, 1.807) is 18.2 Å². The normalized spacial score (nSPS) is 10.3. The van der Waals surface area contributed by atoms with Crippen LogP contribution in [0.4, 0.5) is 14.5 Å². The Kier molecular flexibility index (Phi) is 3.59. The fourth-order valence-electron chi connectivity index (χ4n) is 1.49. The van der Waals surface area contributed by atoms with Crippen LogP contribution in [0.25, 0.3) is 0 Å². The van der Waals surface area contributed by atoms with E-state index in [0.29, 0.717) is 5.02 Å². The monoisotopic (exact) mass is 253 g/mol. The van der Waals surface area contributed by atoms with Gasteiger partial charge in [-0.15, -0.1) is 0 Å². The van der Waals surface area contributed by atoms with Gasteiger partial charge in [0.15, 0.2) is 0 Å². The number of rotatable bonds is 3. The summed E-state index contributed by atoms with van der Waals surface area (Å²) in [6.07, 6.45) is 0. The standard InChI is InChI=1S/C13H10ClF2N/c14-10-5-2-1-4-9(10)8-17-13-11(15)6-3-7-12(13)16/h1-7,17H,8H2. The summed E-state index contributed by atoms with van der Waals surface area (Å²) >= 11 is 5.94. The third-order valence-corrected chi connectivity index (χ3v) is 2.74. The van der Waals surface area contributed by atoms with Crippen molar-refractivity contribution in [1.29, 1.82) is 0 Å². The van der Waals surface area contributed by atoms with Gasteiger partial charge in [-0.25, -0.2) is 8.78 Å². The van der Waals surface area contributed by atoms with Crippen molar-refractivity contribution in [3.63, 3.8) is 0 Å². The van der Waals surface area contributed by atoms with Crippen LogP contribution in [0.15, 0.2) is 42.5 Å². The molecule has 0 radical (unpaired) electrons. The molecule has 17 heavy (non-hydrogen) atoms. The van der Waals surface area contributed by atoms with Crippen LogP contribution in [-0.2, 0) is 6.54 Å². The maximum atomic E-state index is 13.3. The Labute approximate surface area is 103 Å². The summed E-state index contributed by atoms with van der Waals surface area (Å²) in [5, 5.41) is 3.27. The van der Waals surface area contributed by atoms with Gasteiger partial charge in [0, 0.05) is 11.6 Å². The van der Waals surface area contributed by atoms with Crippen molar-refractivity contribution in [3.05, 3.63) is 64.7 Å². The molecule has 0 fully saturated rings. The molecule has 2 aromatic carbocycles. The van der Waals surface area contributed by atoms with E-state index in [-0.39, 0.29) is 12.2 Å². The second-order valence-corrected chi connectivity index (χ2v) is 3.95. The van der Waals surface area contributed by atoms with Gasteiger partial charge in [0.05, 0.1) is 0 Å². The van der Waals surface area contributed by atoms with Crippen molar-refractivity contribution >= 4 is 17.3 Å². The second kappa shape index (κ2) is 5.15. The predicted octanol–water partition coefficient (Wildman–Crippen LogP) is 4.23. The molecule has 0 aliphatic carbocycles. The first-order valence-corrected chi connectivity index (χ1v) is 5.47. The summed E-state index contributed by atoms with van der Waals surface area (Å²) in [4.78, 5) is 0. The minimum atomic E-state index is -0.614. The molecule has 0 bridgehead atoms. The van der Waals surface area contributed by atoms with Gasteiger partial charge in [-0.2, -0.15) is 0 Å². The van der Waals surface area contributed by atoms with Crippen molar-refractivity contribution in [2.45, 2.75) is 6.54 Å². The molecule has 0 aliphatic rings. The lowest BCUT2D eigenvalue weighted by atomic mass is 10.2. The molecular weight excluding hydrogens is 244 g/mol. The van der Waals surface area contributed by atoms with E-state index in [0.717, 1.165) is 5.56 Å². The average molecular weight is 254 g/mol. The number of para-hydroxylation sites is 1. The molecule has 0 heterocycles. The summed E-state index contributed by atoms with van der Waals surface area (Å²) < 4.78 is 26.6. The van der Waals surface area contributed by atoms with Gasteiger partial charge < -0.3 is 5.32 Å². The smallest absolute Gasteiger partial charge is 0.149 e. The fraction of sp³-hybridized carbons (Fsp3) is 0.0769. The Morgan fingerprint density at radius 3 is 2.24 bits per heavy atom. The van der Waals surface area contributed by atoms with Gasteiger partial charge in [-0.3, -0.25) is 0 Å². The molecule has 0 aliphatic heterocycles. The van der Waals surface area contributed by atoms with E-state index in [2.05, 4.69) is 5.32 Å². The van der Waals surface area contributed by atoms with E-state index in [1.165, 1.54) is 18.2 Å². The zero-order chi connectivity index (χ0) is 12.3. The highest BCUT2D eigenvalue weighted by Crippen LogP contribution is 2.21. The third kappa shape index (κ3) is 2.74. The number of hydrogen-bond donors (Lipinski definition) is 1. The fourth-order valence-corrected chi connectivity index (χ4v) is 1.69. The Bertz CT molecular complexity index is 508. The molecule has 2 rings (SSSR count). The number of nitrogens with one attached hydrogen (secondary N) is 1. The van der Waals surface area contributed by atoms with E-state index in [1.807, 2.05) is 6.07 Å². The lowest BCUT2D eigenvalue weighted by Gasteiger charge is -2.09. The van der Waals surface area contributed by atoms with E-state index < -0.39 is 11.6 Å². The largest absolute Gasteiger partial charge is 0.376 e. The van der Waals surface area contributed by atoms with Crippen LogP contribution in [-0.4, -0.2) is 0 Å². The molecule has 4 heteroatoms. The van der Waals surface area contributed by atoms with Crippen LogP contribution in [0.5, 0.6) is 0 Å². The van der Waals surface area contributed by atoms with Crippen molar-refractivity contribution in [1.82, 2.24) is 0 Å². The summed E-state index contributed by atoms with van der Waals surface area (Å²) in [6.45, 7) is 0.275. The summed E-state index contributed by atoms with van der Waals surface area (Å²) in [5.74, 6) is -1.23. The molecule has 0 spiro atoms. The molecule has 2 aromatic rings. The van der Waals surface area contributed by atoms with Gasteiger partial charge >= 0.3 is 0 Å². The van der Waals surface area contributed by atoms with E-state index in [4.69, 9.17) is 11.6 Å². The lowest BCUT2D eigenvalue weighted by molar-refractivity contribution is 0.588. The highest BCUT2D eigenvalue weighted by atomic mass is 35.5. The minimum absolute atomic E-state index is 0.132. The molecule has 1 N–H and O–H groups in total. The highest BCUT2D eigenvalue weighted by molar-refractivity contribution is 6.31. The van der Waals surface area contributed by atoms with E-state index in [9.17, 15) is 8.78 Å². The van der Waals surface area contributed by atoms with Crippen LogP contribution in [0.1, 0.15) is 5.56 Å².